The Bertz CT molecular complexity index is 574. The molecule has 0 atom stereocenters. The Balaban J connectivity index is 2.26. The van der Waals surface area contributed by atoms with Gasteiger partial charge in [-0.15, -0.1) is 0 Å². The summed E-state index contributed by atoms with van der Waals surface area (Å²) in [5, 5.41) is 3.36. The molecule has 0 saturated carbocycles. The number of anilines is 1. The summed E-state index contributed by atoms with van der Waals surface area (Å²) in [6, 6.07) is 2.04. The third-order valence-corrected chi connectivity index (χ3v) is 3.35. The SMILES string of the molecule is CCCNc1cc(Cc2nccn2CC)nc(C(C)C)n1. The summed E-state index contributed by atoms with van der Waals surface area (Å²) >= 11 is 0. The first-order chi connectivity index (χ1) is 10.1. The minimum absolute atomic E-state index is 0.318. The van der Waals surface area contributed by atoms with E-state index in [4.69, 9.17) is 0 Å². The van der Waals surface area contributed by atoms with Crippen LogP contribution in [-0.4, -0.2) is 26.1 Å². The summed E-state index contributed by atoms with van der Waals surface area (Å²) in [5.74, 6) is 3.17. The predicted octanol–water partition coefficient (Wildman–Crippen LogP) is 3.23. The molecule has 114 valence electrons. The van der Waals surface area contributed by atoms with Crippen molar-refractivity contribution < 1.29 is 0 Å². The first kappa shape index (κ1) is 15.5. The van der Waals surface area contributed by atoms with Crippen LogP contribution in [0.4, 0.5) is 5.82 Å². The number of nitrogens with zero attached hydrogens (tertiary/aromatic N) is 4. The highest BCUT2D eigenvalue weighted by molar-refractivity contribution is 5.37. The molecule has 5 heteroatoms. The number of hydrogen-bond acceptors (Lipinski definition) is 4. The maximum Gasteiger partial charge on any atom is 0.133 e. The topological polar surface area (TPSA) is 55.6 Å². The van der Waals surface area contributed by atoms with Crippen LogP contribution in [-0.2, 0) is 13.0 Å². The standard InChI is InChI=1S/C16H25N5/c1-5-7-17-14-10-13(19-16(20-14)12(3)4)11-15-18-8-9-21(15)6-2/h8-10,12H,5-7,11H2,1-4H3,(H,17,19,20). The number of hydrogen-bond donors (Lipinski definition) is 1. The molecule has 0 aromatic carbocycles. The van der Waals surface area contributed by atoms with E-state index in [1.165, 1.54) is 0 Å². The molecule has 0 aliphatic carbocycles. The molecule has 5 nitrogen and oxygen atoms in total. The van der Waals surface area contributed by atoms with Gasteiger partial charge in [0.2, 0.25) is 0 Å². The van der Waals surface area contributed by atoms with Gasteiger partial charge in [-0.1, -0.05) is 20.8 Å². The first-order valence-corrected chi connectivity index (χ1v) is 7.75. The summed E-state index contributed by atoms with van der Waals surface area (Å²) in [5.41, 5.74) is 1.02. The lowest BCUT2D eigenvalue weighted by Gasteiger charge is -2.12. The number of aromatic nitrogens is 4. The van der Waals surface area contributed by atoms with E-state index >= 15 is 0 Å². The molecule has 0 radical (unpaired) electrons. The fourth-order valence-corrected chi connectivity index (χ4v) is 2.17. The fourth-order valence-electron chi connectivity index (χ4n) is 2.17. The summed E-state index contributed by atoms with van der Waals surface area (Å²) < 4.78 is 2.15. The largest absolute Gasteiger partial charge is 0.370 e. The van der Waals surface area contributed by atoms with Crippen molar-refractivity contribution in [1.29, 1.82) is 0 Å². The maximum atomic E-state index is 4.69. The molecule has 0 amide bonds. The van der Waals surface area contributed by atoms with Crippen molar-refractivity contribution in [3.05, 3.63) is 35.8 Å². The first-order valence-electron chi connectivity index (χ1n) is 7.75. The minimum atomic E-state index is 0.318. The van der Waals surface area contributed by atoms with E-state index in [2.05, 4.69) is 52.5 Å². The van der Waals surface area contributed by atoms with Crippen LogP contribution in [0.25, 0.3) is 0 Å². The maximum absolute atomic E-state index is 4.69. The Hall–Kier alpha value is -1.91. The lowest BCUT2D eigenvalue weighted by molar-refractivity contribution is 0.700. The molecule has 0 aliphatic rings. The molecule has 0 unspecified atom stereocenters. The highest BCUT2D eigenvalue weighted by atomic mass is 15.1. The molecule has 21 heavy (non-hydrogen) atoms. The highest BCUT2D eigenvalue weighted by Crippen LogP contribution is 2.16. The van der Waals surface area contributed by atoms with Gasteiger partial charge in [0, 0.05) is 43.9 Å². The van der Waals surface area contributed by atoms with Crippen LogP contribution in [0, 0.1) is 0 Å². The number of nitrogens with one attached hydrogen (secondary N) is 1. The quantitative estimate of drug-likeness (QED) is 0.849. The minimum Gasteiger partial charge on any atom is -0.370 e. The third-order valence-electron chi connectivity index (χ3n) is 3.35. The van der Waals surface area contributed by atoms with Gasteiger partial charge in [0.15, 0.2) is 0 Å². The van der Waals surface area contributed by atoms with E-state index in [1.807, 2.05) is 18.5 Å². The normalized spacial score (nSPS) is 11.1. The van der Waals surface area contributed by atoms with Gasteiger partial charge in [0.1, 0.15) is 17.5 Å². The zero-order valence-electron chi connectivity index (χ0n) is 13.4. The summed E-state index contributed by atoms with van der Waals surface area (Å²) in [7, 11) is 0. The molecule has 0 fully saturated rings. The van der Waals surface area contributed by atoms with Crippen molar-refractivity contribution in [1.82, 2.24) is 19.5 Å². The van der Waals surface area contributed by atoms with Crippen LogP contribution >= 0.6 is 0 Å². The van der Waals surface area contributed by atoms with Crippen LogP contribution in [0.1, 0.15) is 57.4 Å². The highest BCUT2D eigenvalue weighted by Gasteiger charge is 2.10. The van der Waals surface area contributed by atoms with E-state index < -0.39 is 0 Å². The lowest BCUT2D eigenvalue weighted by Crippen LogP contribution is -2.10. The van der Waals surface area contributed by atoms with Crippen molar-refractivity contribution in [3.63, 3.8) is 0 Å². The van der Waals surface area contributed by atoms with Gasteiger partial charge in [-0.05, 0) is 13.3 Å². The van der Waals surface area contributed by atoms with Crippen molar-refractivity contribution in [2.45, 2.75) is 53.0 Å². The molecule has 2 aromatic rings. The second kappa shape index (κ2) is 7.20. The van der Waals surface area contributed by atoms with Gasteiger partial charge >= 0.3 is 0 Å². The van der Waals surface area contributed by atoms with Crippen molar-refractivity contribution in [2.75, 3.05) is 11.9 Å². The molecule has 0 spiro atoms. The monoisotopic (exact) mass is 287 g/mol. The molecule has 0 aliphatic heterocycles. The molecule has 2 aromatic heterocycles. The Morgan fingerprint density at radius 1 is 1.24 bits per heavy atom. The second-order valence-corrected chi connectivity index (χ2v) is 5.49. The zero-order chi connectivity index (χ0) is 15.2. The van der Waals surface area contributed by atoms with Crippen LogP contribution in [0.3, 0.4) is 0 Å². The van der Waals surface area contributed by atoms with E-state index in [0.717, 1.165) is 49.1 Å². The number of imidazole rings is 1. The molecular formula is C16H25N5. The van der Waals surface area contributed by atoms with Gasteiger partial charge in [0.25, 0.3) is 0 Å². The van der Waals surface area contributed by atoms with Gasteiger partial charge < -0.3 is 9.88 Å². The Morgan fingerprint density at radius 2 is 2.05 bits per heavy atom. The molecule has 0 bridgehead atoms. The Kier molecular flexibility index (Phi) is 5.31. The van der Waals surface area contributed by atoms with Crippen molar-refractivity contribution in [3.8, 4) is 0 Å². The van der Waals surface area contributed by atoms with Crippen molar-refractivity contribution in [2.24, 2.45) is 0 Å². The Morgan fingerprint density at radius 3 is 2.71 bits per heavy atom. The van der Waals surface area contributed by atoms with E-state index in [1.54, 1.807) is 0 Å². The van der Waals surface area contributed by atoms with E-state index in [9.17, 15) is 0 Å². The van der Waals surface area contributed by atoms with Crippen LogP contribution in [0.2, 0.25) is 0 Å². The zero-order valence-corrected chi connectivity index (χ0v) is 13.4. The third kappa shape index (κ3) is 4.03. The summed E-state index contributed by atoms with van der Waals surface area (Å²) in [4.78, 5) is 13.7. The summed E-state index contributed by atoms with van der Waals surface area (Å²) in [6.07, 6.45) is 5.68. The summed E-state index contributed by atoms with van der Waals surface area (Å²) in [6.45, 7) is 10.4. The average Bonchev–Trinajstić information content (AvgIpc) is 2.92. The van der Waals surface area contributed by atoms with E-state index in [-0.39, 0.29) is 0 Å². The van der Waals surface area contributed by atoms with Crippen LogP contribution in [0.5, 0.6) is 0 Å². The molecular weight excluding hydrogens is 262 g/mol. The van der Waals surface area contributed by atoms with Gasteiger partial charge in [-0.2, -0.15) is 0 Å². The van der Waals surface area contributed by atoms with E-state index in [0.29, 0.717) is 5.92 Å². The van der Waals surface area contributed by atoms with Crippen molar-refractivity contribution >= 4 is 5.82 Å². The Labute approximate surface area is 126 Å². The molecule has 0 saturated heterocycles. The fraction of sp³-hybridized carbons (Fsp3) is 0.562. The van der Waals surface area contributed by atoms with Crippen LogP contribution in [0.15, 0.2) is 18.5 Å². The molecule has 2 heterocycles. The lowest BCUT2D eigenvalue weighted by atomic mass is 10.2. The molecule has 2 rings (SSSR count). The smallest absolute Gasteiger partial charge is 0.133 e. The predicted molar refractivity (Wildman–Crippen MR) is 85.6 cm³/mol. The van der Waals surface area contributed by atoms with Gasteiger partial charge in [0.05, 0.1) is 5.69 Å². The van der Waals surface area contributed by atoms with Gasteiger partial charge in [-0.3, -0.25) is 0 Å². The van der Waals surface area contributed by atoms with Crippen LogP contribution < -0.4 is 5.32 Å². The average molecular weight is 287 g/mol. The number of rotatable bonds is 7. The second-order valence-electron chi connectivity index (χ2n) is 5.49. The molecule has 1 N–H and O–H groups in total. The van der Waals surface area contributed by atoms with Gasteiger partial charge in [-0.25, -0.2) is 15.0 Å². The number of aryl methyl sites for hydroxylation is 1.